The lowest BCUT2D eigenvalue weighted by Gasteiger charge is -2.18. The Labute approximate surface area is 97.7 Å². The summed E-state index contributed by atoms with van der Waals surface area (Å²) in [5, 5.41) is 12.6. The number of hydrogen-bond acceptors (Lipinski definition) is 2. The van der Waals surface area contributed by atoms with Gasteiger partial charge in [-0.05, 0) is 38.0 Å². The van der Waals surface area contributed by atoms with Gasteiger partial charge in [0.2, 0.25) is 0 Å². The summed E-state index contributed by atoms with van der Waals surface area (Å²) in [6.45, 7) is 4.23. The van der Waals surface area contributed by atoms with Gasteiger partial charge in [0.15, 0.2) is 0 Å². The molecule has 1 aromatic carbocycles. The third-order valence-corrected chi connectivity index (χ3v) is 2.47. The van der Waals surface area contributed by atoms with Gasteiger partial charge in [-0.2, -0.15) is 0 Å². The lowest BCUT2D eigenvalue weighted by molar-refractivity contribution is 0.467. The van der Waals surface area contributed by atoms with Crippen LogP contribution in [0.1, 0.15) is 25.8 Å². The summed E-state index contributed by atoms with van der Waals surface area (Å²) in [5.74, 6) is 2.96. The maximum absolute atomic E-state index is 9.17. The molecule has 0 aliphatic heterocycles. The second-order valence-corrected chi connectivity index (χ2v) is 4.25. The molecule has 0 amide bonds. The lowest BCUT2D eigenvalue weighted by Crippen LogP contribution is -2.35. The molecule has 0 radical (unpaired) electrons. The van der Waals surface area contributed by atoms with Crippen molar-refractivity contribution in [3.63, 3.8) is 0 Å². The molecule has 0 saturated heterocycles. The van der Waals surface area contributed by atoms with Gasteiger partial charge in [0, 0.05) is 18.5 Å². The molecular formula is C14H19NO. The van der Waals surface area contributed by atoms with Crippen LogP contribution in [0.15, 0.2) is 24.3 Å². The highest BCUT2D eigenvalue weighted by Gasteiger charge is 2.06. The molecule has 0 heterocycles. The van der Waals surface area contributed by atoms with Crippen LogP contribution < -0.4 is 5.32 Å². The quantitative estimate of drug-likeness (QED) is 0.742. The van der Waals surface area contributed by atoms with Gasteiger partial charge in [-0.25, -0.2) is 0 Å². The summed E-state index contributed by atoms with van der Waals surface area (Å²) >= 11 is 0. The molecule has 0 saturated carbocycles. The van der Waals surface area contributed by atoms with Crippen molar-refractivity contribution in [2.24, 2.45) is 0 Å². The highest BCUT2D eigenvalue weighted by Crippen LogP contribution is 2.11. The second-order valence-electron chi connectivity index (χ2n) is 4.25. The fourth-order valence-electron chi connectivity index (χ4n) is 1.77. The van der Waals surface area contributed by atoms with E-state index in [2.05, 4.69) is 25.1 Å². The van der Waals surface area contributed by atoms with Gasteiger partial charge in [0.25, 0.3) is 0 Å². The zero-order chi connectivity index (χ0) is 12.0. The van der Waals surface area contributed by atoms with E-state index in [0.29, 0.717) is 17.8 Å². The van der Waals surface area contributed by atoms with E-state index in [1.165, 1.54) is 5.56 Å². The molecule has 2 unspecified atom stereocenters. The van der Waals surface area contributed by atoms with Crippen LogP contribution in [-0.4, -0.2) is 17.2 Å². The standard InChI is InChI=1S/C14H19NO/c1-4-5-11(2)15-12(3)10-13-6-8-14(16)9-7-13/h1,6-9,11-12,15-16H,5,10H2,2-3H3. The van der Waals surface area contributed by atoms with E-state index in [1.54, 1.807) is 12.1 Å². The number of terminal acetylenes is 1. The van der Waals surface area contributed by atoms with E-state index in [9.17, 15) is 0 Å². The summed E-state index contributed by atoms with van der Waals surface area (Å²) in [6.07, 6.45) is 6.95. The minimum atomic E-state index is 0.310. The van der Waals surface area contributed by atoms with Crippen LogP contribution in [-0.2, 0) is 6.42 Å². The summed E-state index contributed by atoms with van der Waals surface area (Å²) in [4.78, 5) is 0. The zero-order valence-electron chi connectivity index (χ0n) is 9.90. The van der Waals surface area contributed by atoms with E-state index in [0.717, 1.165) is 12.8 Å². The summed E-state index contributed by atoms with van der Waals surface area (Å²) in [5.41, 5.74) is 1.21. The Hall–Kier alpha value is -1.46. The van der Waals surface area contributed by atoms with Gasteiger partial charge in [0.05, 0.1) is 0 Å². The second kappa shape index (κ2) is 6.19. The number of aromatic hydroxyl groups is 1. The first-order valence-electron chi connectivity index (χ1n) is 5.59. The Kier molecular flexibility index (Phi) is 4.88. The Morgan fingerprint density at radius 3 is 2.44 bits per heavy atom. The number of phenols is 1. The molecule has 1 rings (SSSR count). The predicted octanol–water partition coefficient (Wildman–Crippen LogP) is 2.32. The number of nitrogens with one attached hydrogen (secondary N) is 1. The van der Waals surface area contributed by atoms with Crippen molar-refractivity contribution < 1.29 is 5.11 Å². The molecule has 86 valence electrons. The van der Waals surface area contributed by atoms with Crippen LogP contribution in [0.4, 0.5) is 0 Å². The third-order valence-electron chi connectivity index (χ3n) is 2.47. The van der Waals surface area contributed by atoms with Gasteiger partial charge < -0.3 is 10.4 Å². The monoisotopic (exact) mass is 217 g/mol. The molecule has 2 heteroatoms. The Balaban J connectivity index is 2.42. The Bertz CT molecular complexity index is 350. The van der Waals surface area contributed by atoms with E-state index in [4.69, 9.17) is 11.5 Å². The summed E-state index contributed by atoms with van der Waals surface area (Å²) in [7, 11) is 0. The van der Waals surface area contributed by atoms with Crippen LogP contribution in [0.3, 0.4) is 0 Å². The molecule has 0 aliphatic rings. The Morgan fingerprint density at radius 2 is 1.88 bits per heavy atom. The molecule has 0 bridgehead atoms. The van der Waals surface area contributed by atoms with Crippen LogP contribution in [0.25, 0.3) is 0 Å². The molecule has 0 aliphatic carbocycles. The van der Waals surface area contributed by atoms with Gasteiger partial charge >= 0.3 is 0 Å². The normalized spacial score (nSPS) is 14.1. The summed E-state index contributed by atoms with van der Waals surface area (Å²) in [6, 6.07) is 8.04. The molecule has 2 N–H and O–H groups in total. The van der Waals surface area contributed by atoms with E-state index >= 15 is 0 Å². The van der Waals surface area contributed by atoms with Crippen molar-refractivity contribution >= 4 is 0 Å². The van der Waals surface area contributed by atoms with Gasteiger partial charge in [-0.15, -0.1) is 12.3 Å². The number of phenolic OH excluding ortho intramolecular Hbond substituents is 1. The molecule has 16 heavy (non-hydrogen) atoms. The molecule has 2 nitrogen and oxygen atoms in total. The Morgan fingerprint density at radius 1 is 1.25 bits per heavy atom. The smallest absolute Gasteiger partial charge is 0.115 e. The van der Waals surface area contributed by atoms with Crippen LogP contribution in [0.2, 0.25) is 0 Å². The average Bonchev–Trinajstić information content (AvgIpc) is 2.21. The first-order valence-corrected chi connectivity index (χ1v) is 5.59. The topological polar surface area (TPSA) is 32.3 Å². The molecule has 0 aromatic heterocycles. The maximum Gasteiger partial charge on any atom is 0.115 e. The first kappa shape index (κ1) is 12.6. The maximum atomic E-state index is 9.17. The minimum absolute atomic E-state index is 0.310. The van der Waals surface area contributed by atoms with E-state index in [-0.39, 0.29) is 0 Å². The largest absolute Gasteiger partial charge is 0.508 e. The SMILES string of the molecule is C#CCC(C)NC(C)Cc1ccc(O)cc1. The minimum Gasteiger partial charge on any atom is -0.508 e. The van der Waals surface area contributed by atoms with E-state index < -0.39 is 0 Å². The fraction of sp³-hybridized carbons (Fsp3) is 0.429. The molecule has 0 spiro atoms. The number of rotatable bonds is 5. The lowest BCUT2D eigenvalue weighted by atomic mass is 10.1. The van der Waals surface area contributed by atoms with Crippen LogP contribution >= 0.6 is 0 Å². The third kappa shape index (κ3) is 4.37. The highest BCUT2D eigenvalue weighted by atomic mass is 16.3. The highest BCUT2D eigenvalue weighted by molar-refractivity contribution is 5.26. The summed E-state index contributed by atoms with van der Waals surface area (Å²) < 4.78 is 0. The zero-order valence-corrected chi connectivity index (χ0v) is 9.90. The van der Waals surface area contributed by atoms with Crippen molar-refractivity contribution in [2.45, 2.75) is 38.8 Å². The first-order chi connectivity index (χ1) is 7.61. The molecule has 0 fully saturated rings. The van der Waals surface area contributed by atoms with E-state index in [1.807, 2.05) is 12.1 Å². The number of benzene rings is 1. The predicted molar refractivity (Wildman–Crippen MR) is 67.3 cm³/mol. The van der Waals surface area contributed by atoms with Crippen molar-refractivity contribution in [3.05, 3.63) is 29.8 Å². The molecule has 2 atom stereocenters. The van der Waals surface area contributed by atoms with Gasteiger partial charge in [0.1, 0.15) is 5.75 Å². The number of hydrogen-bond donors (Lipinski definition) is 2. The fourth-order valence-corrected chi connectivity index (χ4v) is 1.77. The van der Waals surface area contributed by atoms with Crippen molar-refractivity contribution in [2.75, 3.05) is 0 Å². The van der Waals surface area contributed by atoms with Crippen LogP contribution in [0.5, 0.6) is 5.75 Å². The average molecular weight is 217 g/mol. The van der Waals surface area contributed by atoms with Crippen molar-refractivity contribution in [3.8, 4) is 18.1 Å². The van der Waals surface area contributed by atoms with Crippen molar-refractivity contribution in [1.82, 2.24) is 5.32 Å². The van der Waals surface area contributed by atoms with Gasteiger partial charge in [-0.3, -0.25) is 0 Å². The molecular weight excluding hydrogens is 198 g/mol. The van der Waals surface area contributed by atoms with Crippen LogP contribution in [0, 0.1) is 12.3 Å². The van der Waals surface area contributed by atoms with Crippen molar-refractivity contribution in [1.29, 1.82) is 0 Å². The van der Waals surface area contributed by atoms with Gasteiger partial charge in [-0.1, -0.05) is 12.1 Å². The molecule has 1 aromatic rings.